The number of hydrogen-bond acceptors (Lipinski definition) is 10. The molecule has 13 heteroatoms. The Hall–Kier alpha value is -3.81. The number of amides is 1. The number of piperazine rings is 1. The number of ether oxygens (including phenoxy) is 1. The van der Waals surface area contributed by atoms with Crippen LogP contribution in [0.25, 0.3) is 0 Å². The van der Waals surface area contributed by atoms with Gasteiger partial charge in [-0.1, -0.05) is 30.3 Å². The minimum atomic E-state index is -0.306. The van der Waals surface area contributed by atoms with E-state index in [1.807, 2.05) is 37.3 Å². The summed E-state index contributed by atoms with van der Waals surface area (Å²) in [5.41, 5.74) is 6.74. The topological polar surface area (TPSA) is 134 Å². The maximum atomic E-state index is 12.6. The molecule has 1 amide bonds. The van der Waals surface area contributed by atoms with Crippen LogP contribution in [-0.4, -0.2) is 90.7 Å². The van der Waals surface area contributed by atoms with Gasteiger partial charge in [-0.2, -0.15) is 0 Å². The molecule has 2 aromatic carbocycles. The van der Waals surface area contributed by atoms with Crippen molar-refractivity contribution in [3.8, 4) is 5.75 Å². The van der Waals surface area contributed by atoms with Crippen LogP contribution in [0.5, 0.6) is 5.75 Å². The Kier molecular flexibility index (Phi) is 10.3. The fourth-order valence-corrected chi connectivity index (χ4v) is 8.73. The van der Waals surface area contributed by atoms with E-state index in [1.54, 1.807) is 18.2 Å². The van der Waals surface area contributed by atoms with Gasteiger partial charge in [-0.15, -0.1) is 0 Å². The SMILES string of the molecule is C=CC(=O)Nc1cc(NC(=N)/C=C(\NN)N2OCC[C@@H]2c2cccc(Cl)c2C)c(OC)cc1N1CCC(N2CC3CCC(C2)N3C2CC2)CC1. The molecule has 12 nitrogen and oxygen atoms in total. The standard InChI is InChI=1S/C37H50ClN9O3/c1-4-37(48)42-30-18-31(41-35(39)20-36(43-40)47-32(14-17-50-47)28-6-5-7-29(38)23(28)2)34(49-3)19-33(30)44-15-12-24(13-16-44)45-21-26-10-11-27(22-45)46(26)25-8-9-25/h4-7,18-20,24-27,32,43H,1,8-17,21-22,40H2,2-3H3,(H2,39,41)(H,42,48)/b36-20+/t26?,27?,32-/m1/s1. The molecule has 1 aliphatic carbocycles. The van der Waals surface area contributed by atoms with Crippen molar-refractivity contribution in [1.29, 1.82) is 5.41 Å². The Morgan fingerprint density at radius 2 is 1.74 bits per heavy atom. The van der Waals surface area contributed by atoms with Crippen molar-refractivity contribution in [2.45, 2.75) is 82.1 Å². The van der Waals surface area contributed by atoms with Gasteiger partial charge in [-0.05, 0) is 74.8 Å². The number of anilines is 3. The lowest BCUT2D eigenvalue weighted by Crippen LogP contribution is -2.58. The Morgan fingerprint density at radius 3 is 2.40 bits per heavy atom. The minimum absolute atomic E-state index is 0.0404. The van der Waals surface area contributed by atoms with Crippen molar-refractivity contribution in [3.05, 3.63) is 71.0 Å². The summed E-state index contributed by atoms with van der Waals surface area (Å²) in [6.07, 6.45) is 11.2. The van der Waals surface area contributed by atoms with Crippen LogP contribution >= 0.6 is 11.6 Å². The molecule has 4 saturated heterocycles. The highest BCUT2D eigenvalue weighted by Crippen LogP contribution is 2.43. The molecule has 0 radical (unpaired) electrons. The van der Waals surface area contributed by atoms with Gasteiger partial charge in [0.05, 0.1) is 36.8 Å². The first kappa shape index (κ1) is 34.6. The largest absolute Gasteiger partial charge is 0.494 e. The van der Waals surface area contributed by atoms with Crippen LogP contribution in [0, 0.1) is 12.3 Å². The predicted molar refractivity (Wildman–Crippen MR) is 198 cm³/mol. The number of hydrazine groups is 1. The predicted octanol–water partition coefficient (Wildman–Crippen LogP) is 5.13. The summed E-state index contributed by atoms with van der Waals surface area (Å²) >= 11 is 6.43. The second kappa shape index (κ2) is 14.8. The molecule has 2 unspecified atom stereocenters. The Labute approximate surface area is 300 Å². The fourth-order valence-electron chi connectivity index (χ4n) is 8.55. The van der Waals surface area contributed by atoms with Crippen LogP contribution in [-0.2, 0) is 9.63 Å². The molecule has 0 spiro atoms. The number of rotatable bonds is 11. The molecule has 1 saturated carbocycles. The third kappa shape index (κ3) is 7.04. The molecule has 5 aliphatic rings. The number of piperidine rings is 1. The number of methoxy groups -OCH3 is 1. The van der Waals surface area contributed by atoms with Gasteiger partial charge in [0.15, 0.2) is 0 Å². The molecule has 7 rings (SSSR count). The van der Waals surface area contributed by atoms with Crippen LogP contribution < -0.4 is 31.5 Å². The van der Waals surface area contributed by atoms with Gasteiger partial charge >= 0.3 is 0 Å². The number of nitrogens with zero attached hydrogens (tertiary/aromatic N) is 4. The molecule has 3 atom stereocenters. The summed E-state index contributed by atoms with van der Waals surface area (Å²) in [4.78, 5) is 26.5. The zero-order valence-electron chi connectivity index (χ0n) is 29.1. The highest BCUT2D eigenvalue weighted by Gasteiger charge is 2.47. The lowest BCUT2D eigenvalue weighted by atomic mass is 9.99. The molecule has 6 N–H and O–H groups in total. The molecule has 2 bridgehead atoms. The highest BCUT2D eigenvalue weighted by atomic mass is 35.5. The smallest absolute Gasteiger partial charge is 0.247 e. The fraction of sp³-hybridized carbons (Fsp3) is 0.514. The van der Waals surface area contributed by atoms with E-state index in [0.29, 0.717) is 40.6 Å². The van der Waals surface area contributed by atoms with Crippen LogP contribution in [0.3, 0.4) is 0 Å². The summed E-state index contributed by atoms with van der Waals surface area (Å²) in [5, 5.41) is 17.4. The Balaban J connectivity index is 1.06. The summed E-state index contributed by atoms with van der Waals surface area (Å²) in [6.45, 7) is 10.3. The normalized spacial score (nSPS) is 24.7. The molecule has 0 aromatic heterocycles. The molecule has 4 aliphatic heterocycles. The minimum Gasteiger partial charge on any atom is -0.494 e. The van der Waals surface area contributed by atoms with Crippen LogP contribution in [0.15, 0.2) is 54.9 Å². The molecule has 5 fully saturated rings. The van der Waals surface area contributed by atoms with E-state index in [-0.39, 0.29) is 17.8 Å². The van der Waals surface area contributed by atoms with Crippen LogP contribution in [0.4, 0.5) is 17.1 Å². The van der Waals surface area contributed by atoms with E-state index in [4.69, 9.17) is 32.4 Å². The summed E-state index contributed by atoms with van der Waals surface area (Å²) in [5.74, 6) is 6.66. The number of benzene rings is 2. The van der Waals surface area contributed by atoms with E-state index in [9.17, 15) is 4.79 Å². The molecular formula is C37H50ClN9O3. The van der Waals surface area contributed by atoms with E-state index >= 15 is 0 Å². The van der Waals surface area contributed by atoms with Gasteiger partial charge in [0.25, 0.3) is 0 Å². The van der Waals surface area contributed by atoms with Gasteiger partial charge in [-0.25, -0.2) is 10.9 Å². The van der Waals surface area contributed by atoms with Crippen molar-refractivity contribution < 1.29 is 14.4 Å². The molecular weight excluding hydrogens is 654 g/mol. The van der Waals surface area contributed by atoms with Gasteiger partial charge in [-0.3, -0.25) is 24.8 Å². The number of halogens is 1. The number of carbonyl (C=O) groups is 1. The molecule has 50 heavy (non-hydrogen) atoms. The zero-order chi connectivity index (χ0) is 34.9. The second-order valence-electron chi connectivity index (χ2n) is 14.1. The number of likely N-dealkylation sites (tertiary alicyclic amines) is 1. The van der Waals surface area contributed by atoms with Gasteiger partial charge in [0.2, 0.25) is 5.91 Å². The lowest BCUT2D eigenvalue weighted by molar-refractivity contribution is -0.111. The summed E-state index contributed by atoms with van der Waals surface area (Å²) < 4.78 is 5.84. The third-order valence-corrected chi connectivity index (χ3v) is 11.5. The van der Waals surface area contributed by atoms with Crippen molar-refractivity contribution in [3.63, 3.8) is 0 Å². The van der Waals surface area contributed by atoms with Crippen molar-refractivity contribution in [1.82, 2.24) is 20.3 Å². The first-order chi connectivity index (χ1) is 24.3. The monoisotopic (exact) mass is 703 g/mol. The highest BCUT2D eigenvalue weighted by molar-refractivity contribution is 6.31. The van der Waals surface area contributed by atoms with Crippen LogP contribution in [0.2, 0.25) is 5.02 Å². The first-order valence-electron chi connectivity index (χ1n) is 17.9. The quantitative estimate of drug-likeness (QED) is 0.0705. The maximum Gasteiger partial charge on any atom is 0.247 e. The van der Waals surface area contributed by atoms with E-state index in [1.165, 1.54) is 44.8 Å². The summed E-state index contributed by atoms with van der Waals surface area (Å²) in [7, 11) is 1.61. The Bertz CT molecular complexity index is 1630. The molecule has 4 heterocycles. The number of fused-ring (bicyclic) bond motifs is 2. The van der Waals surface area contributed by atoms with Crippen molar-refractivity contribution >= 4 is 40.4 Å². The van der Waals surface area contributed by atoms with E-state index < -0.39 is 0 Å². The van der Waals surface area contributed by atoms with E-state index in [2.05, 4.69) is 37.3 Å². The Morgan fingerprint density at radius 1 is 1.02 bits per heavy atom. The van der Waals surface area contributed by atoms with Crippen molar-refractivity contribution in [2.75, 3.05) is 55.4 Å². The average Bonchev–Trinajstić information content (AvgIpc) is 3.79. The second-order valence-corrected chi connectivity index (χ2v) is 14.5. The number of amidine groups is 1. The summed E-state index contributed by atoms with van der Waals surface area (Å²) in [6, 6.07) is 12.3. The maximum absolute atomic E-state index is 12.6. The number of hydrogen-bond donors (Lipinski definition) is 5. The number of nitrogens with two attached hydrogens (primary N) is 1. The molecule has 268 valence electrons. The van der Waals surface area contributed by atoms with Gasteiger partial charge in [0, 0.05) is 73.9 Å². The third-order valence-electron chi connectivity index (χ3n) is 11.1. The van der Waals surface area contributed by atoms with Gasteiger partial charge in [0.1, 0.15) is 17.4 Å². The van der Waals surface area contributed by atoms with Crippen molar-refractivity contribution in [2.24, 2.45) is 5.84 Å². The zero-order valence-corrected chi connectivity index (χ0v) is 29.8. The first-order valence-corrected chi connectivity index (χ1v) is 18.3. The van der Waals surface area contributed by atoms with Crippen LogP contribution in [0.1, 0.15) is 62.1 Å². The lowest BCUT2D eigenvalue weighted by Gasteiger charge is -2.47. The number of carbonyl (C=O) groups excluding carboxylic acids is 1. The average molecular weight is 704 g/mol. The number of nitrogens with one attached hydrogen (secondary N) is 4. The van der Waals surface area contributed by atoms with E-state index in [0.717, 1.165) is 67.3 Å². The molecule has 2 aromatic rings. The number of hydroxylamine groups is 2. The van der Waals surface area contributed by atoms with Gasteiger partial charge < -0.3 is 25.7 Å².